The van der Waals surface area contributed by atoms with Crippen molar-refractivity contribution in [2.75, 3.05) is 31.1 Å². The lowest BCUT2D eigenvalue weighted by atomic mass is 10.2. The largest absolute Gasteiger partial charge is 0.299 e. The average Bonchev–Trinajstić information content (AvgIpc) is 2.89. The number of aromatic nitrogens is 1. The van der Waals surface area contributed by atoms with E-state index in [0.29, 0.717) is 0 Å². The Labute approximate surface area is 125 Å². The highest BCUT2D eigenvalue weighted by Gasteiger charge is 2.22. The predicted molar refractivity (Wildman–Crippen MR) is 81.7 cm³/mol. The molecule has 3 rings (SSSR count). The number of thioether (sulfide) groups is 1. The van der Waals surface area contributed by atoms with E-state index in [1.54, 1.807) is 6.20 Å². The van der Waals surface area contributed by atoms with Gasteiger partial charge in [-0.25, -0.2) is 0 Å². The van der Waals surface area contributed by atoms with Gasteiger partial charge in [-0.15, -0.1) is 0 Å². The second-order valence-corrected chi connectivity index (χ2v) is 6.75. The Bertz CT molecular complexity index is 459. The quantitative estimate of drug-likeness (QED) is 0.911. The number of rotatable bonds is 3. The van der Waals surface area contributed by atoms with E-state index in [9.17, 15) is 0 Å². The standard InChI is InChI=1S/C13H16BrN3OS/c14-10-1-2-12(15-8-10)13-7-11(18-16-13)9-17-3-5-19-6-4-17/h1-2,7-8,11,16H,3-6,9H2/t11-/m0/s1. The molecule has 0 bridgehead atoms. The van der Waals surface area contributed by atoms with Crippen molar-refractivity contribution in [3.05, 3.63) is 34.6 Å². The van der Waals surface area contributed by atoms with Crippen LogP contribution in [0.3, 0.4) is 0 Å². The molecule has 2 aliphatic heterocycles. The average molecular weight is 342 g/mol. The molecule has 0 radical (unpaired) electrons. The molecule has 6 heteroatoms. The van der Waals surface area contributed by atoms with Crippen LogP contribution in [0.25, 0.3) is 5.70 Å². The SMILES string of the molecule is Brc1ccc(C2=C[C@@H](CN3CCSCC3)ON2)nc1. The highest BCUT2D eigenvalue weighted by Crippen LogP contribution is 2.19. The molecule has 1 N–H and O–H groups in total. The number of hydrogen-bond donors (Lipinski definition) is 1. The molecule has 0 amide bonds. The first-order valence-corrected chi connectivity index (χ1v) is 8.31. The molecule has 0 unspecified atom stereocenters. The van der Waals surface area contributed by atoms with Crippen molar-refractivity contribution in [1.29, 1.82) is 0 Å². The van der Waals surface area contributed by atoms with Crippen LogP contribution in [0.2, 0.25) is 0 Å². The summed E-state index contributed by atoms with van der Waals surface area (Å²) >= 11 is 5.42. The summed E-state index contributed by atoms with van der Waals surface area (Å²) in [5.41, 5.74) is 4.86. The summed E-state index contributed by atoms with van der Waals surface area (Å²) in [6, 6.07) is 3.96. The van der Waals surface area contributed by atoms with Gasteiger partial charge in [-0.1, -0.05) is 0 Å². The lowest BCUT2D eigenvalue weighted by Gasteiger charge is -2.27. The summed E-state index contributed by atoms with van der Waals surface area (Å²) in [4.78, 5) is 12.4. The summed E-state index contributed by atoms with van der Waals surface area (Å²) in [7, 11) is 0. The summed E-state index contributed by atoms with van der Waals surface area (Å²) in [5.74, 6) is 2.45. The smallest absolute Gasteiger partial charge is 0.119 e. The van der Waals surface area contributed by atoms with Gasteiger partial charge in [0.1, 0.15) is 6.10 Å². The molecule has 1 saturated heterocycles. The van der Waals surface area contributed by atoms with Crippen LogP contribution in [0.1, 0.15) is 5.69 Å². The number of hydroxylamine groups is 1. The zero-order chi connectivity index (χ0) is 13.1. The van der Waals surface area contributed by atoms with Gasteiger partial charge in [0.25, 0.3) is 0 Å². The van der Waals surface area contributed by atoms with Crippen LogP contribution in [0, 0.1) is 0 Å². The molecule has 0 aromatic carbocycles. The molecule has 2 aliphatic rings. The molecule has 1 atom stereocenters. The zero-order valence-electron chi connectivity index (χ0n) is 10.5. The van der Waals surface area contributed by atoms with Gasteiger partial charge in [0.05, 0.1) is 11.4 Å². The summed E-state index contributed by atoms with van der Waals surface area (Å²) in [6.07, 6.45) is 4.04. The molecule has 1 aromatic heterocycles. The van der Waals surface area contributed by atoms with Gasteiger partial charge in [0.2, 0.25) is 0 Å². The molecule has 19 heavy (non-hydrogen) atoms. The number of nitrogens with one attached hydrogen (secondary N) is 1. The summed E-state index contributed by atoms with van der Waals surface area (Å²) in [5, 5.41) is 0. The fourth-order valence-corrected chi connectivity index (χ4v) is 3.41. The van der Waals surface area contributed by atoms with Gasteiger partial charge in [-0.2, -0.15) is 11.8 Å². The summed E-state index contributed by atoms with van der Waals surface area (Å²) in [6.45, 7) is 3.27. The Morgan fingerprint density at radius 2 is 2.26 bits per heavy atom. The third kappa shape index (κ3) is 3.51. The number of halogens is 1. The molecule has 1 aromatic rings. The minimum Gasteiger partial charge on any atom is -0.299 e. The van der Waals surface area contributed by atoms with E-state index in [1.165, 1.54) is 11.5 Å². The van der Waals surface area contributed by atoms with Crippen LogP contribution in [0.5, 0.6) is 0 Å². The van der Waals surface area contributed by atoms with Crippen molar-refractivity contribution in [1.82, 2.24) is 15.4 Å². The molecule has 0 spiro atoms. The minimum atomic E-state index is 0.114. The first-order valence-electron chi connectivity index (χ1n) is 6.37. The Morgan fingerprint density at radius 3 is 3.00 bits per heavy atom. The van der Waals surface area contributed by atoms with E-state index in [0.717, 1.165) is 35.5 Å². The summed E-state index contributed by atoms with van der Waals surface area (Å²) < 4.78 is 0.984. The number of nitrogens with zero attached hydrogens (tertiary/aromatic N) is 2. The lowest BCUT2D eigenvalue weighted by molar-refractivity contribution is 0.0301. The Morgan fingerprint density at radius 1 is 1.42 bits per heavy atom. The second-order valence-electron chi connectivity index (χ2n) is 4.61. The fraction of sp³-hybridized carbons (Fsp3) is 0.462. The highest BCUT2D eigenvalue weighted by atomic mass is 79.9. The van der Waals surface area contributed by atoms with Crippen molar-refractivity contribution in [3.8, 4) is 0 Å². The van der Waals surface area contributed by atoms with Gasteiger partial charge in [0.15, 0.2) is 0 Å². The van der Waals surface area contributed by atoms with Gasteiger partial charge < -0.3 is 0 Å². The zero-order valence-corrected chi connectivity index (χ0v) is 12.9. The Balaban J connectivity index is 1.62. The molecule has 0 saturated carbocycles. The van der Waals surface area contributed by atoms with Crippen molar-refractivity contribution in [3.63, 3.8) is 0 Å². The van der Waals surface area contributed by atoms with E-state index in [-0.39, 0.29) is 6.10 Å². The molecule has 1 fully saturated rings. The van der Waals surface area contributed by atoms with Gasteiger partial charge in [-0.05, 0) is 34.1 Å². The van der Waals surface area contributed by atoms with Crippen LogP contribution in [0.15, 0.2) is 28.9 Å². The molecule has 0 aliphatic carbocycles. The van der Waals surface area contributed by atoms with Crippen LogP contribution < -0.4 is 5.48 Å². The highest BCUT2D eigenvalue weighted by molar-refractivity contribution is 9.10. The van der Waals surface area contributed by atoms with Crippen LogP contribution in [-0.4, -0.2) is 47.1 Å². The molecule has 4 nitrogen and oxygen atoms in total. The van der Waals surface area contributed by atoms with E-state index < -0.39 is 0 Å². The first kappa shape index (κ1) is 13.4. The Kier molecular flexibility index (Phi) is 4.42. The van der Waals surface area contributed by atoms with Crippen molar-refractivity contribution >= 4 is 33.4 Å². The van der Waals surface area contributed by atoms with Crippen molar-refractivity contribution in [2.45, 2.75) is 6.10 Å². The van der Waals surface area contributed by atoms with Crippen LogP contribution in [-0.2, 0) is 4.84 Å². The fourth-order valence-electron chi connectivity index (χ4n) is 2.19. The van der Waals surface area contributed by atoms with Gasteiger partial charge in [0, 0.05) is 41.8 Å². The van der Waals surface area contributed by atoms with E-state index in [4.69, 9.17) is 4.84 Å². The molecule has 3 heterocycles. The van der Waals surface area contributed by atoms with Gasteiger partial charge in [-0.3, -0.25) is 20.2 Å². The molecule has 102 valence electrons. The number of pyridine rings is 1. The second kappa shape index (κ2) is 6.26. The first-order chi connectivity index (χ1) is 9.31. The van der Waals surface area contributed by atoms with Crippen molar-refractivity contribution < 1.29 is 4.84 Å². The van der Waals surface area contributed by atoms with Crippen LogP contribution >= 0.6 is 27.7 Å². The maximum Gasteiger partial charge on any atom is 0.119 e. The minimum absolute atomic E-state index is 0.114. The van der Waals surface area contributed by atoms with Crippen molar-refractivity contribution in [2.24, 2.45) is 0 Å². The lowest BCUT2D eigenvalue weighted by Crippen LogP contribution is -2.38. The third-order valence-electron chi connectivity index (χ3n) is 3.22. The maximum absolute atomic E-state index is 5.61. The van der Waals surface area contributed by atoms with Gasteiger partial charge >= 0.3 is 0 Å². The van der Waals surface area contributed by atoms with E-state index in [1.807, 2.05) is 23.9 Å². The number of hydrogen-bond acceptors (Lipinski definition) is 5. The maximum atomic E-state index is 5.61. The Hall–Kier alpha value is -0.560. The predicted octanol–water partition coefficient (Wildman–Crippen LogP) is 2.14. The molecular formula is C13H16BrN3OS. The van der Waals surface area contributed by atoms with E-state index >= 15 is 0 Å². The topological polar surface area (TPSA) is 37.4 Å². The normalized spacial score (nSPS) is 24.1. The van der Waals surface area contributed by atoms with E-state index in [2.05, 4.69) is 37.4 Å². The monoisotopic (exact) mass is 341 g/mol. The third-order valence-corrected chi connectivity index (χ3v) is 4.63. The molecular weight excluding hydrogens is 326 g/mol. The van der Waals surface area contributed by atoms with Crippen LogP contribution in [0.4, 0.5) is 0 Å².